The predicted octanol–water partition coefficient (Wildman–Crippen LogP) is 2.95. The highest BCUT2D eigenvalue weighted by atomic mass is 35.5. The van der Waals surface area contributed by atoms with Gasteiger partial charge in [0.25, 0.3) is 10.1 Å². The fourth-order valence-corrected chi connectivity index (χ4v) is 3.71. The maximum atomic E-state index is 11.8. The molecule has 0 amide bonds. The van der Waals surface area contributed by atoms with E-state index >= 15 is 0 Å². The van der Waals surface area contributed by atoms with Crippen LogP contribution in [0.5, 0.6) is 0 Å². The molecular weight excluding hydrogens is 322 g/mol. The summed E-state index contributed by atoms with van der Waals surface area (Å²) in [6.07, 6.45) is -0.861. The van der Waals surface area contributed by atoms with E-state index in [0.717, 1.165) is 6.07 Å². The molecule has 1 rings (SSSR count). The number of hydrogen-bond acceptors (Lipinski definition) is 4. The highest BCUT2D eigenvalue weighted by Crippen LogP contribution is 2.40. The highest BCUT2D eigenvalue weighted by molar-refractivity contribution is 7.87. The molecule has 18 heavy (non-hydrogen) atoms. The van der Waals surface area contributed by atoms with Crippen LogP contribution in [0.25, 0.3) is 0 Å². The molecule has 1 aromatic carbocycles. The lowest BCUT2D eigenvalue weighted by Crippen LogP contribution is -2.09. The number of hydrogen-bond donors (Lipinski definition) is 1. The van der Waals surface area contributed by atoms with E-state index in [0.29, 0.717) is 0 Å². The van der Waals surface area contributed by atoms with Gasteiger partial charge in [-0.3, -0.25) is 8.75 Å². The largest absolute Gasteiger partial charge is 0.343 e. The number of rotatable bonds is 5. The molecule has 0 radical (unpaired) electrons. The lowest BCUT2D eigenvalue weighted by atomic mass is 10.4. The van der Waals surface area contributed by atoms with Gasteiger partial charge in [-0.2, -0.15) is 8.42 Å². The second-order valence-corrected chi connectivity index (χ2v) is 8.45. The van der Waals surface area contributed by atoms with Crippen molar-refractivity contribution in [3.05, 3.63) is 28.2 Å². The van der Waals surface area contributed by atoms with Gasteiger partial charge in [0.05, 0.1) is 5.02 Å². The van der Waals surface area contributed by atoms with Crippen LogP contribution in [-0.2, 0) is 18.9 Å². The Bertz CT molecular complexity index is 587. The molecule has 0 aliphatic heterocycles. The van der Waals surface area contributed by atoms with E-state index in [1.165, 1.54) is 19.1 Å². The molecule has 0 fully saturated rings. The molecule has 1 atom stereocenters. The summed E-state index contributed by atoms with van der Waals surface area (Å²) in [5.41, 5.74) is 0. The van der Waals surface area contributed by atoms with Gasteiger partial charge >= 0.3 is 0 Å². The molecule has 0 saturated heterocycles. The fourth-order valence-electron chi connectivity index (χ4n) is 0.975. The molecule has 9 heteroatoms. The summed E-state index contributed by atoms with van der Waals surface area (Å²) < 4.78 is 39.4. The summed E-state index contributed by atoms with van der Waals surface area (Å²) in [5.74, 6) is 0. The smallest absolute Gasteiger partial charge is 0.299 e. The third-order valence-corrected chi connectivity index (χ3v) is 5.74. The van der Waals surface area contributed by atoms with Gasteiger partial charge in [-0.1, -0.05) is 30.1 Å². The van der Waals surface area contributed by atoms with E-state index in [-0.39, 0.29) is 21.1 Å². The van der Waals surface area contributed by atoms with E-state index in [4.69, 9.17) is 23.2 Å². The molecule has 1 N–H and O–H groups in total. The molecule has 5 nitrogen and oxygen atoms in total. The van der Waals surface area contributed by atoms with E-state index in [1.807, 2.05) is 0 Å². The minimum Gasteiger partial charge on any atom is -0.343 e. The normalized spacial score (nSPS) is 15.3. The Morgan fingerprint density at radius 1 is 1.39 bits per heavy atom. The Hall–Kier alpha value is -0.100. The van der Waals surface area contributed by atoms with Crippen molar-refractivity contribution in [1.82, 2.24) is 0 Å². The van der Waals surface area contributed by atoms with Crippen LogP contribution in [0.2, 0.25) is 10.0 Å². The van der Waals surface area contributed by atoms with Crippen molar-refractivity contribution in [1.29, 1.82) is 0 Å². The Labute approximate surface area is 115 Å². The first-order valence-corrected chi connectivity index (χ1v) is 9.03. The van der Waals surface area contributed by atoms with Crippen LogP contribution in [0.3, 0.4) is 0 Å². The van der Waals surface area contributed by atoms with Gasteiger partial charge in [-0.05, 0) is 18.2 Å². The molecule has 0 saturated carbocycles. The minimum absolute atomic E-state index is 0.0660. The van der Waals surface area contributed by atoms with Gasteiger partial charge in [-0.25, -0.2) is 0 Å². The van der Waals surface area contributed by atoms with Gasteiger partial charge in [0.2, 0.25) is 7.37 Å². The first-order chi connectivity index (χ1) is 8.18. The summed E-state index contributed by atoms with van der Waals surface area (Å²) >= 11 is 11.4. The zero-order valence-corrected chi connectivity index (χ0v) is 12.6. The Balaban J connectivity index is 3.01. The minimum atomic E-state index is -4.21. The molecule has 1 unspecified atom stereocenters. The van der Waals surface area contributed by atoms with Crippen molar-refractivity contribution in [3.63, 3.8) is 0 Å². The van der Waals surface area contributed by atoms with Crippen molar-refractivity contribution >= 4 is 40.7 Å². The topological polar surface area (TPSA) is 80.7 Å². The maximum absolute atomic E-state index is 11.8. The van der Waals surface area contributed by atoms with Crippen molar-refractivity contribution in [2.24, 2.45) is 0 Å². The summed E-state index contributed by atoms with van der Waals surface area (Å²) in [6.45, 7) is 1.46. The number of halogens is 2. The van der Waals surface area contributed by atoms with Crippen LogP contribution in [0.4, 0.5) is 0 Å². The maximum Gasteiger partial charge on any atom is 0.299 e. The van der Waals surface area contributed by atoms with Gasteiger partial charge in [0.15, 0.2) is 0 Å². The Kier molecular flexibility index (Phi) is 5.23. The van der Waals surface area contributed by atoms with Gasteiger partial charge in [-0.15, -0.1) is 0 Å². The molecule has 0 spiro atoms. The number of benzene rings is 1. The van der Waals surface area contributed by atoms with Crippen LogP contribution in [0, 0.1) is 0 Å². The summed E-state index contributed by atoms with van der Waals surface area (Å²) in [4.78, 5) is 8.94. The monoisotopic (exact) mass is 332 g/mol. The van der Waals surface area contributed by atoms with Gasteiger partial charge in [0, 0.05) is 11.2 Å². The van der Waals surface area contributed by atoms with Crippen LogP contribution in [0.1, 0.15) is 6.92 Å². The first-order valence-electron chi connectivity index (χ1n) is 4.83. The highest BCUT2D eigenvalue weighted by Gasteiger charge is 2.24. The van der Waals surface area contributed by atoms with Crippen LogP contribution >= 0.6 is 30.6 Å². The fraction of sp³-hybridized carbons (Fsp3) is 0.333. The lowest BCUT2D eigenvalue weighted by molar-refractivity contribution is 0.346. The van der Waals surface area contributed by atoms with E-state index in [1.54, 1.807) is 0 Å². The lowest BCUT2D eigenvalue weighted by Gasteiger charge is -2.11. The second-order valence-electron chi connectivity index (χ2n) is 3.44. The Morgan fingerprint density at radius 2 is 2.00 bits per heavy atom. The molecule has 102 valence electrons. The quantitative estimate of drug-likeness (QED) is 0.662. The summed E-state index contributed by atoms with van der Waals surface area (Å²) in [5, 5.41) is 0.105. The van der Waals surface area contributed by atoms with Gasteiger partial charge < -0.3 is 4.89 Å². The first kappa shape index (κ1) is 16.0. The van der Waals surface area contributed by atoms with E-state index in [9.17, 15) is 17.9 Å². The molecule has 0 aliphatic rings. The van der Waals surface area contributed by atoms with Gasteiger partial charge in [0.1, 0.15) is 11.2 Å². The zero-order valence-electron chi connectivity index (χ0n) is 9.34. The van der Waals surface area contributed by atoms with Crippen molar-refractivity contribution in [2.45, 2.75) is 11.8 Å². The third-order valence-electron chi connectivity index (χ3n) is 2.07. The molecule has 0 heterocycles. The third kappa shape index (κ3) is 4.23. The van der Waals surface area contributed by atoms with Crippen molar-refractivity contribution in [3.8, 4) is 0 Å². The van der Waals surface area contributed by atoms with E-state index < -0.39 is 23.8 Å². The molecular formula is C9H11Cl2O5PS. The van der Waals surface area contributed by atoms with Crippen LogP contribution in [-0.4, -0.2) is 25.8 Å². The van der Waals surface area contributed by atoms with E-state index in [2.05, 4.69) is 4.18 Å². The molecule has 1 aromatic rings. The summed E-state index contributed by atoms with van der Waals surface area (Å²) in [7, 11) is -7.80. The molecule has 0 bridgehead atoms. The standard InChI is InChI=1S/C9H11Cl2O5PS/c1-2-17(12,13)6-16-18(14,15)9-5-7(10)3-4-8(9)11/h3-5H,2,6H2,1H3,(H,12,13). The van der Waals surface area contributed by atoms with Crippen molar-refractivity contribution in [2.75, 3.05) is 12.5 Å². The van der Waals surface area contributed by atoms with Crippen LogP contribution in [0.15, 0.2) is 23.1 Å². The molecule has 0 aliphatic carbocycles. The molecule has 0 aromatic heterocycles. The van der Waals surface area contributed by atoms with Crippen LogP contribution < -0.4 is 0 Å². The summed E-state index contributed by atoms with van der Waals surface area (Å²) in [6, 6.07) is 3.85. The SMILES string of the molecule is CCP(=O)(O)COS(=O)(=O)c1cc(Cl)ccc1Cl. The second kappa shape index (κ2) is 5.90. The van der Waals surface area contributed by atoms with Crippen molar-refractivity contribution < 1.29 is 22.1 Å². The Morgan fingerprint density at radius 3 is 2.56 bits per heavy atom. The average molecular weight is 333 g/mol. The predicted molar refractivity (Wildman–Crippen MR) is 70.0 cm³/mol. The average Bonchev–Trinajstić information content (AvgIpc) is 2.30. The zero-order chi connectivity index (χ0) is 14.0.